The second-order valence-corrected chi connectivity index (χ2v) is 3.56. The monoisotopic (exact) mass is 193 g/mol. The predicted octanol–water partition coefficient (Wildman–Crippen LogP) is -0.352. The molecule has 6 heteroatoms. The van der Waals surface area contributed by atoms with Gasteiger partial charge in [-0.05, 0) is 24.3 Å². The Bertz CT molecular complexity index is 346. The minimum Gasteiger partial charge on any atom is -0.412 e. The fraction of sp³-hybridized carbons (Fsp3) is 0. The highest BCUT2D eigenvalue weighted by Crippen LogP contribution is 2.06. The summed E-state index contributed by atoms with van der Waals surface area (Å²) in [7, 11) is -3.69. The minimum absolute atomic E-state index is 0. The Morgan fingerprint density at radius 2 is 1.58 bits per heavy atom. The summed E-state index contributed by atoms with van der Waals surface area (Å²) in [5.41, 5.74) is 0. The van der Waals surface area contributed by atoms with Gasteiger partial charge >= 0.3 is 0 Å². The van der Waals surface area contributed by atoms with Gasteiger partial charge in [-0.1, -0.05) is 0 Å². The molecule has 0 atom stereocenters. The average molecular weight is 193 g/mol. The third-order valence-electron chi connectivity index (χ3n) is 1.14. The first-order valence-corrected chi connectivity index (χ1v) is 4.33. The highest BCUT2D eigenvalue weighted by atomic mass is 32.2. The van der Waals surface area contributed by atoms with Gasteiger partial charge in [0.15, 0.2) is 0 Å². The van der Waals surface area contributed by atoms with E-state index in [2.05, 4.69) is 0 Å². The largest absolute Gasteiger partial charge is 0.412 e. The van der Waals surface area contributed by atoms with E-state index in [0.717, 1.165) is 24.3 Å². The zero-order valence-corrected chi connectivity index (χ0v) is 6.81. The van der Waals surface area contributed by atoms with E-state index in [4.69, 9.17) is 5.14 Å². The highest BCUT2D eigenvalue weighted by Gasteiger charge is 2.05. The van der Waals surface area contributed by atoms with Crippen LogP contribution in [0.15, 0.2) is 29.2 Å². The van der Waals surface area contributed by atoms with E-state index in [-0.39, 0.29) is 10.4 Å². The number of sulfonamides is 1. The van der Waals surface area contributed by atoms with E-state index < -0.39 is 15.8 Å². The maximum Gasteiger partial charge on any atom is 0.238 e. The number of hydrogen-bond donors (Lipinski definition) is 1. The zero-order valence-electron chi connectivity index (χ0n) is 5.99. The molecule has 0 unspecified atom stereocenters. The molecular weight excluding hydrogens is 185 g/mol. The lowest BCUT2D eigenvalue weighted by Gasteiger charge is -1.95. The summed E-state index contributed by atoms with van der Waals surface area (Å²) in [5, 5.41) is 4.76. The maximum atomic E-state index is 12.2. The van der Waals surface area contributed by atoms with Crippen LogP contribution >= 0.6 is 0 Å². The Morgan fingerprint density at radius 1 is 1.17 bits per heavy atom. The molecule has 0 bridgehead atoms. The van der Waals surface area contributed by atoms with Crippen molar-refractivity contribution in [1.82, 2.24) is 0 Å². The van der Waals surface area contributed by atoms with Crippen molar-refractivity contribution in [1.29, 1.82) is 0 Å². The molecule has 1 aromatic carbocycles. The van der Waals surface area contributed by atoms with Gasteiger partial charge in [-0.25, -0.2) is 17.9 Å². The smallest absolute Gasteiger partial charge is 0.238 e. The third kappa shape index (κ3) is 2.57. The topological polar surface area (TPSA) is 91.7 Å². The normalized spacial score (nSPS) is 10.5. The van der Waals surface area contributed by atoms with Gasteiger partial charge in [-0.3, -0.25) is 0 Å². The predicted molar refractivity (Wildman–Crippen MR) is 41.4 cm³/mol. The second kappa shape index (κ2) is 3.61. The van der Waals surface area contributed by atoms with E-state index >= 15 is 0 Å². The van der Waals surface area contributed by atoms with Crippen molar-refractivity contribution in [2.45, 2.75) is 4.90 Å². The lowest BCUT2D eigenvalue weighted by atomic mass is 10.4. The van der Waals surface area contributed by atoms with Gasteiger partial charge in [0, 0.05) is 0 Å². The summed E-state index contributed by atoms with van der Waals surface area (Å²) in [6.07, 6.45) is 0. The van der Waals surface area contributed by atoms with Crippen LogP contribution in [0.2, 0.25) is 0 Å². The molecule has 0 saturated heterocycles. The molecule has 0 radical (unpaired) electrons. The molecule has 12 heavy (non-hydrogen) atoms. The van der Waals surface area contributed by atoms with E-state index in [0.29, 0.717) is 0 Å². The lowest BCUT2D eigenvalue weighted by Crippen LogP contribution is -2.11. The Hall–Kier alpha value is -0.980. The Kier molecular flexibility index (Phi) is 3.32. The summed E-state index contributed by atoms with van der Waals surface area (Å²) in [4.78, 5) is -0.0844. The van der Waals surface area contributed by atoms with Gasteiger partial charge in [0.1, 0.15) is 5.82 Å². The van der Waals surface area contributed by atoms with E-state index in [1.165, 1.54) is 0 Å². The van der Waals surface area contributed by atoms with Crippen molar-refractivity contribution >= 4 is 10.0 Å². The quantitative estimate of drug-likeness (QED) is 0.660. The van der Waals surface area contributed by atoms with Crippen LogP contribution in [0.25, 0.3) is 0 Å². The van der Waals surface area contributed by atoms with Gasteiger partial charge in [-0.2, -0.15) is 0 Å². The molecule has 4 nitrogen and oxygen atoms in total. The summed E-state index contributed by atoms with van der Waals surface area (Å²) >= 11 is 0. The standard InChI is InChI=1S/C6H6FNO2S.H2O/c7-5-1-3-6(4-2-5)11(8,9)10;/h1-4H,(H2,8,9,10);1H2. The van der Waals surface area contributed by atoms with Crippen molar-refractivity contribution in [3.63, 3.8) is 0 Å². The van der Waals surface area contributed by atoms with Crippen LogP contribution in [0, 0.1) is 5.82 Å². The van der Waals surface area contributed by atoms with Gasteiger partial charge in [-0.15, -0.1) is 0 Å². The van der Waals surface area contributed by atoms with Crippen LogP contribution in [0.3, 0.4) is 0 Å². The molecule has 0 spiro atoms. The molecule has 1 aromatic rings. The van der Waals surface area contributed by atoms with Crippen LogP contribution in [-0.2, 0) is 10.0 Å². The average Bonchev–Trinajstić information content (AvgIpc) is 1.86. The summed E-state index contributed by atoms with van der Waals surface area (Å²) in [6, 6.07) is 4.31. The zero-order chi connectivity index (χ0) is 8.48. The van der Waals surface area contributed by atoms with E-state index in [9.17, 15) is 12.8 Å². The van der Waals surface area contributed by atoms with Crippen LogP contribution in [0.4, 0.5) is 4.39 Å². The summed E-state index contributed by atoms with van der Waals surface area (Å²) in [5.74, 6) is -0.489. The number of benzene rings is 1. The van der Waals surface area contributed by atoms with E-state index in [1.54, 1.807) is 0 Å². The first-order valence-electron chi connectivity index (χ1n) is 2.78. The number of halogens is 1. The van der Waals surface area contributed by atoms with Crippen molar-refractivity contribution in [2.75, 3.05) is 0 Å². The fourth-order valence-corrected chi connectivity index (χ4v) is 1.14. The highest BCUT2D eigenvalue weighted by molar-refractivity contribution is 7.89. The molecule has 0 aromatic heterocycles. The first kappa shape index (κ1) is 11.0. The van der Waals surface area contributed by atoms with Crippen molar-refractivity contribution in [3.05, 3.63) is 30.1 Å². The van der Waals surface area contributed by atoms with Crippen molar-refractivity contribution < 1.29 is 18.3 Å². The molecule has 0 amide bonds. The van der Waals surface area contributed by atoms with Gasteiger partial charge in [0.05, 0.1) is 4.90 Å². The molecule has 1 rings (SSSR count). The summed E-state index contributed by atoms with van der Waals surface area (Å²) < 4.78 is 33.4. The number of nitrogens with two attached hydrogens (primary N) is 1. The van der Waals surface area contributed by atoms with Gasteiger partial charge in [0.2, 0.25) is 10.0 Å². The third-order valence-corrected chi connectivity index (χ3v) is 2.07. The van der Waals surface area contributed by atoms with Crippen molar-refractivity contribution in [3.8, 4) is 0 Å². The molecular formula is C6H8FNO3S. The number of primary sulfonamides is 1. The van der Waals surface area contributed by atoms with Crippen LogP contribution in [0.5, 0.6) is 0 Å². The molecule has 0 saturated carbocycles. The lowest BCUT2D eigenvalue weighted by molar-refractivity contribution is 0.596. The SMILES string of the molecule is NS(=O)(=O)c1ccc(F)cc1.O. The van der Waals surface area contributed by atoms with Crippen molar-refractivity contribution in [2.24, 2.45) is 5.14 Å². The summed E-state index contributed by atoms with van der Waals surface area (Å²) in [6.45, 7) is 0. The van der Waals surface area contributed by atoms with Crippen LogP contribution in [-0.4, -0.2) is 13.9 Å². The number of rotatable bonds is 1. The number of hydrogen-bond acceptors (Lipinski definition) is 2. The Morgan fingerprint density at radius 3 is 1.92 bits per heavy atom. The molecule has 68 valence electrons. The molecule has 0 fully saturated rings. The van der Waals surface area contributed by atoms with E-state index in [1.807, 2.05) is 0 Å². The second-order valence-electron chi connectivity index (χ2n) is 2.00. The molecule has 0 aliphatic heterocycles. The van der Waals surface area contributed by atoms with Crippen LogP contribution < -0.4 is 5.14 Å². The first-order chi connectivity index (χ1) is 5.00. The Labute approximate surface area is 69.2 Å². The molecule has 0 aliphatic carbocycles. The Balaban J connectivity index is 0.00000121. The molecule has 0 heterocycles. The van der Waals surface area contributed by atoms with Gasteiger partial charge < -0.3 is 5.48 Å². The fourth-order valence-electron chi connectivity index (χ4n) is 0.624. The van der Waals surface area contributed by atoms with Crippen LogP contribution in [0.1, 0.15) is 0 Å². The minimum atomic E-state index is -3.69. The molecule has 0 aliphatic rings. The maximum absolute atomic E-state index is 12.2. The van der Waals surface area contributed by atoms with Gasteiger partial charge in [0.25, 0.3) is 0 Å². The molecule has 4 N–H and O–H groups in total.